The molecule has 0 aromatic carbocycles. The maximum Gasteiger partial charge on any atom is 0.0692 e. The van der Waals surface area contributed by atoms with E-state index in [0.29, 0.717) is 11.8 Å². The zero-order valence-corrected chi connectivity index (χ0v) is 14.1. The molecule has 0 aromatic rings. The SMILES string of the molecule is CCCCCCC(CCCCCC)[C@@](C)(C#N)C1CC1. The molecule has 0 spiro atoms. The standard InChI is InChI=1S/C19H35N/c1-4-6-8-10-12-17(13-11-9-7-5-2)19(3,16-20)18-14-15-18/h17-18H,4-15H2,1-3H3/t19-/m1/s1. The Hall–Kier alpha value is -0.510. The third-order valence-electron chi connectivity index (χ3n) is 5.33. The molecule has 0 radical (unpaired) electrons. The molecule has 0 unspecified atom stereocenters. The van der Waals surface area contributed by atoms with Crippen molar-refractivity contribution in [3.05, 3.63) is 0 Å². The molecule has 1 aliphatic rings. The number of nitrogens with zero attached hydrogens (tertiary/aromatic N) is 1. The molecule has 1 aliphatic carbocycles. The highest BCUT2D eigenvalue weighted by Crippen LogP contribution is 2.52. The van der Waals surface area contributed by atoms with Crippen molar-refractivity contribution in [2.45, 2.75) is 97.8 Å². The van der Waals surface area contributed by atoms with E-state index in [0.717, 1.165) is 0 Å². The van der Waals surface area contributed by atoms with E-state index in [4.69, 9.17) is 0 Å². The van der Waals surface area contributed by atoms with E-state index in [1.165, 1.54) is 77.0 Å². The van der Waals surface area contributed by atoms with Crippen LogP contribution in [0, 0.1) is 28.6 Å². The molecule has 1 saturated carbocycles. The third kappa shape index (κ3) is 5.47. The summed E-state index contributed by atoms with van der Waals surface area (Å²) in [5.41, 5.74) is -0.0293. The molecule has 0 heterocycles. The lowest BCUT2D eigenvalue weighted by atomic mass is 9.70. The Bertz CT molecular complexity index is 275. The average Bonchev–Trinajstić information content (AvgIpc) is 3.29. The first-order chi connectivity index (χ1) is 9.69. The number of unbranched alkanes of at least 4 members (excludes halogenated alkanes) is 6. The van der Waals surface area contributed by atoms with E-state index >= 15 is 0 Å². The Labute approximate surface area is 127 Å². The van der Waals surface area contributed by atoms with Gasteiger partial charge in [0.25, 0.3) is 0 Å². The molecule has 1 atom stereocenters. The van der Waals surface area contributed by atoms with Crippen molar-refractivity contribution in [2.24, 2.45) is 17.3 Å². The second-order valence-electron chi connectivity index (χ2n) is 7.06. The predicted molar refractivity (Wildman–Crippen MR) is 87.5 cm³/mol. The summed E-state index contributed by atoms with van der Waals surface area (Å²) in [5.74, 6) is 1.35. The van der Waals surface area contributed by atoms with Crippen molar-refractivity contribution < 1.29 is 0 Å². The monoisotopic (exact) mass is 277 g/mol. The van der Waals surface area contributed by atoms with Gasteiger partial charge in [-0.25, -0.2) is 0 Å². The van der Waals surface area contributed by atoms with E-state index in [9.17, 15) is 5.26 Å². The van der Waals surface area contributed by atoms with Crippen LogP contribution in [0.2, 0.25) is 0 Å². The highest BCUT2D eigenvalue weighted by Gasteiger charge is 2.46. The maximum absolute atomic E-state index is 9.72. The van der Waals surface area contributed by atoms with Crippen LogP contribution in [0.5, 0.6) is 0 Å². The zero-order chi connectivity index (χ0) is 14.8. The van der Waals surface area contributed by atoms with Gasteiger partial charge in [-0.2, -0.15) is 5.26 Å². The Morgan fingerprint density at radius 2 is 1.45 bits per heavy atom. The molecule has 0 aromatic heterocycles. The highest BCUT2D eigenvalue weighted by molar-refractivity contribution is 5.08. The lowest BCUT2D eigenvalue weighted by Gasteiger charge is -2.32. The Kier molecular flexibility index (Phi) is 8.27. The van der Waals surface area contributed by atoms with Crippen LogP contribution in [0.3, 0.4) is 0 Å². The summed E-state index contributed by atoms with van der Waals surface area (Å²) >= 11 is 0. The van der Waals surface area contributed by atoms with E-state index in [2.05, 4.69) is 26.8 Å². The molecule has 1 fully saturated rings. The molecular formula is C19H35N. The minimum atomic E-state index is -0.0293. The van der Waals surface area contributed by atoms with Crippen molar-refractivity contribution in [2.75, 3.05) is 0 Å². The van der Waals surface area contributed by atoms with Gasteiger partial charge in [0.2, 0.25) is 0 Å². The molecule has 1 heteroatoms. The van der Waals surface area contributed by atoms with Gasteiger partial charge in [0, 0.05) is 0 Å². The summed E-state index contributed by atoms with van der Waals surface area (Å²) in [7, 11) is 0. The van der Waals surface area contributed by atoms with Crippen LogP contribution in [-0.4, -0.2) is 0 Å². The van der Waals surface area contributed by atoms with E-state index in [-0.39, 0.29) is 5.41 Å². The molecule has 0 N–H and O–H groups in total. The number of hydrogen-bond acceptors (Lipinski definition) is 1. The number of nitriles is 1. The van der Waals surface area contributed by atoms with E-state index in [1.807, 2.05) is 0 Å². The second kappa shape index (κ2) is 9.43. The first kappa shape index (κ1) is 17.5. The molecular weight excluding hydrogens is 242 g/mol. The van der Waals surface area contributed by atoms with Crippen molar-refractivity contribution in [3.63, 3.8) is 0 Å². The van der Waals surface area contributed by atoms with Crippen LogP contribution < -0.4 is 0 Å². The van der Waals surface area contributed by atoms with Gasteiger partial charge < -0.3 is 0 Å². The van der Waals surface area contributed by atoms with Gasteiger partial charge in [-0.3, -0.25) is 0 Å². The van der Waals surface area contributed by atoms with Crippen molar-refractivity contribution in [3.8, 4) is 6.07 Å². The van der Waals surface area contributed by atoms with Crippen molar-refractivity contribution in [1.29, 1.82) is 5.26 Å². The molecule has 1 nitrogen and oxygen atoms in total. The van der Waals surface area contributed by atoms with Gasteiger partial charge in [-0.15, -0.1) is 0 Å². The van der Waals surface area contributed by atoms with E-state index < -0.39 is 0 Å². The van der Waals surface area contributed by atoms with Crippen LogP contribution in [0.4, 0.5) is 0 Å². The maximum atomic E-state index is 9.72. The highest BCUT2D eigenvalue weighted by atomic mass is 14.5. The quantitative estimate of drug-likeness (QED) is 0.374. The fourth-order valence-corrected chi connectivity index (χ4v) is 3.58. The summed E-state index contributed by atoms with van der Waals surface area (Å²) < 4.78 is 0. The topological polar surface area (TPSA) is 23.8 Å². The van der Waals surface area contributed by atoms with Gasteiger partial charge in [-0.1, -0.05) is 65.2 Å². The van der Waals surface area contributed by atoms with Gasteiger partial charge >= 0.3 is 0 Å². The molecule has 1 rings (SSSR count). The Morgan fingerprint density at radius 3 is 1.80 bits per heavy atom. The van der Waals surface area contributed by atoms with Gasteiger partial charge in [0.05, 0.1) is 11.5 Å². The van der Waals surface area contributed by atoms with Gasteiger partial charge in [-0.05, 0) is 44.4 Å². The molecule has 20 heavy (non-hydrogen) atoms. The smallest absolute Gasteiger partial charge is 0.0692 e. The zero-order valence-electron chi connectivity index (χ0n) is 14.1. The minimum Gasteiger partial charge on any atom is -0.198 e. The van der Waals surface area contributed by atoms with Crippen molar-refractivity contribution >= 4 is 0 Å². The predicted octanol–water partition coefficient (Wildman–Crippen LogP) is 6.48. The van der Waals surface area contributed by atoms with Gasteiger partial charge in [0.15, 0.2) is 0 Å². The van der Waals surface area contributed by atoms with Crippen molar-refractivity contribution in [1.82, 2.24) is 0 Å². The lowest BCUT2D eigenvalue weighted by Crippen LogP contribution is -2.28. The molecule has 0 aliphatic heterocycles. The normalized spacial score (nSPS) is 17.9. The summed E-state index contributed by atoms with van der Waals surface area (Å²) in [6.45, 7) is 6.80. The van der Waals surface area contributed by atoms with Crippen LogP contribution >= 0.6 is 0 Å². The van der Waals surface area contributed by atoms with Crippen LogP contribution in [0.15, 0.2) is 0 Å². The summed E-state index contributed by atoms with van der Waals surface area (Å²) in [6.07, 6.45) is 15.9. The summed E-state index contributed by atoms with van der Waals surface area (Å²) in [4.78, 5) is 0. The fourth-order valence-electron chi connectivity index (χ4n) is 3.58. The van der Waals surface area contributed by atoms with Crippen LogP contribution in [0.25, 0.3) is 0 Å². The Balaban J connectivity index is 2.46. The van der Waals surface area contributed by atoms with Gasteiger partial charge in [0.1, 0.15) is 0 Å². The molecule has 116 valence electrons. The van der Waals surface area contributed by atoms with Crippen LogP contribution in [-0.2, 0) is 0 Å². The summed E-state index contributed by atoms with van der Waals surface area (Å²) in [5, 5.41) is 9.72. The molecule has 0 amide bonds. The van der Waals surface area contributed by atoms with Crippen LogP contribution in [0.1, 0.15) is 97.8 Å². The lowest BCUT2D eigenvalue weighted by molar-refractivity contribution is 0.191. The molecule has 0 bridgehead atoms. The number of hydrogen-bond donors (Lipinski definition) is 0. The van der Waals surface area contributed by atoms with E-state index in [1.54, 1.807) is 0 Å². The largest absolute Gasteiger partial charge is 0.198 e. The fraction of sp³-hybridized carbons (Fsp3) is 0.947. The third-order valence-corrected chi connectivity index (χ3v) is 5.33. The summed E-state index contributed by atoms with van der Waals surface area (Å²) in [6, 6.07) is 2.72. The Morgan fingerprint density at radius 1 is 0.950 bits per heavy atom. The first-order valence-corrected chi connectivity index (χ1v) is 9.10. The number of rotatable bonds is 12. The minimum absolute atomic E-state index is 0.0293. The molecule has 0 saturated heterocycles. The first-order valence-electron chi connectivity index (χ1n) is 9.10. The second-order valence-corrected chi connectivity index (χ2v) is 7.06. The average molecular weight is 277 g/mol.